The molecule has 0 radical (unpaired) electrons. The highest BCUT2D eigenvalue weighted by atomic mass is 35.5. The minimum absolute atomic E-state index is 0.210. The van der Waals surface area contributed by atoms with Crippen LogP contribution in [0.1, 0.15) is 10.4 Å². The molecule has 0 saturated carbocycles. The Labute approximate surface area is 257 Å². The van der Waals surface area contributed by atoms with Crippen molar-refractivity contribution in [1.29, 1.82) is 0 Å². The molecule has 2 N–H and O–H groups in total. The van der Waals surface area contributed by atoms with Crippen LogP contribution in [0.15, 0.2) is 77.7 Å². The topological polar surface area (TPSA) is 108 Å². The Morgan fingerprint density at radius 1 is 0.930 bits per heavy atom. The zero-order valence-electron chi connectivity index (χ0n) is 23.5. The van der Waals surface area contributed by atoms with E-state index in [2.05, 4.69) is 49.7 Å². The number of nitrogens with one attached hydrogen (secondary N) is 2. The van der Waals surface area contributed by atoms with Crippen LogP contribution in [0.2, 0.25) is 10.0 Å². The summed E-state index contributed by atoms with van der Waals surface area (Å²) >= 11 is 12.9. The van der Waals surface area contributed by atoms with Gasteiger partial charge in [0.05, 0.1) is 15.4 Å². The average Bonchev–Trinajstić information content (AvgIpc) is 3.02. The molecule has 12 heteroatoms. The number of hydrogen-bond donors (Lipinski definition) is 2. The molecule has 1 aliphatic heterocycles. The van der Waals surface area contributed by atoms with Gasteiger partial charge in [-0.1, -0.05) is 41.4 Å². The molecule has 3 heterocycles. The van der Waals surface area contributed by atoms with Gasteiger partial charge in [-0.3, -0.25) is 9.59 Å². The number of fused-ring (bicyclic) bond motifs is 1. The summed E-state index contributed by atoms with van der Waals surface area (Å²) in [7, 11) is 3.69. The Kier molecular flexibility index (Phi) is 7.98. The van der Waals surface area contributed by atoms with Crippen molar-refractivity contribution in [3.05, 3.63) is 98.9 Å². The van der Waals surface area contributed by atoms with Gasteiger partial charge in [-0.05, 0) is 55.6 Å². The Hall–Kier alpha value is -4.51. The van der Waals surface area contributed by atoms with Crippen LogP contribution in [0, 0.1) is 0 Å². The van der Waals surface area contributed by atoms with Crippen molar-refractivity contribution >= 4 is 57.3 Å². The van der Waals surface area contributed by atoms with Crippen LogP contribution < -0.4 is 21.1 Å². The van der Waals surface area contributed by atoms with Crippen molar-refractivity contribution in [2.75, 3.05) is 50.5 Å². The monoisotopic (exact) mass is 614 g/mol. The minimum atomic E-state index is -0.487. The smallest absolute Gasteiger partial charge is 0.282 e. The molecule has 10 nitrogen and oxygen atoms in total. The second-order valence-corrected chi connectivity index (χ2v) is 11.0. The first-order valence-electron chi connectivity index (χ1n) is 13.7. The van der Waals surface area contributed by atoms with Crippen LogP contribution in [-0.4, -0.2) is 70.8 Å². The van der Waals surface area contributed by atoms with Gasteiger partial charge < -0.3 is 20.4 Å². The molecule has 1 aliphatic rings. The fraction of sp³-hybridized carbons (Fsp3) is 0.194. The number of likely N-dealkylation sites (N-methyl/N-ethyl adjacent to an activating group) is 1. The Balaban J connectivity index is 1.44. The predicted molar refractivity (Wildman–Crippen MR) is 171 cm³/mol. The molecular formula is C31H28Cl2N8O2. The van der Waals surface area contributed by atoms with Crippen LogP contribution in [0.25, 0.3) is 27.8 Å². The standard InChI is InChI=1S/C31H28Cl2N8O2/c1-34-29(42)20-6-3-5-19(17-20)26-27-23(30(43)41(38-26)28-24(32)7-4-8-25(28)33)18-35-31(37-27)36-21-9-11-22(12-10-21)40-15-13-39(2)14-16-40/h3-12,17-18H,13-16H2,1-2H3,(H,34,42)(H,35,36,37). The maximum Gasteiger partial charge on any atom is 0.282 e. The van der Waals surface area contributed by atoms with Gasteiger partial charge in [0, 0.05) is 61.9 Å². The maximum atomic E-state index is 13.7. The number of hydrogen-bond acceptors (Lipinski definition) is 8. The summed E-state index contributed by atoms with van der Waals surface area (Å²) in [5.41, 5.74) is 3.37. The molecule has 0 aliphatic carbocycles. The number of carbonyl (C=O) groups excluding carboxylic acids is 1. The highest BCUT2D eigenvalue weighted by Gasteiger charge is 2.20. The zero-order valence-corrected chi connectivity index (χ0v) is 25.0. The van der Waals surface area contributed by atoms with Gasteiger partial charge in [0.25, 0.3) is 11.5 Å². The molecular weight excluding hydrogens is 587 g/mol. The van der Waals surface area contributed by atoms with E-state index < -0.39 is 5.56 Å². The highest BCUT2D eigenvalue weighted by Crippen LogP contribution is 2.31. The summed E-state index contributed by atoms with van der Waals surface area (Å²) in [6.07, 6.45) is 1.46. The lowest BCUT2D eigenvalue weighted by Gasteiger charge is -2.34. The van der Waals surface area contributed by atoms with E-state index in [0.717, 1.165) is 42.2 Å². The van der Waals surface area contributed by atoms with Crippen LogP contribution in [0.5, 0.6) is 0 Å². The number of anilines is 3. The summed E-state index contributed by atoms with van der Waals surface area (Å²) in [5.74, 6) is 0.0314. The zero-order chi connectivity index (χ0) is 30.1. The number of para-hydroxylation sites is 1. The molecule has 5 aromatic rings. The van der Waals surface area contributed by atoms with Crippen LogP contribution >= 0.6 is 23.2 Å². The van der Waals surface area contributed by atoms with Gasteiger partial charge >= 0.3 is 0 Å². The van der Waals surface area contributed by atoms with Crippen LogP contribution in [0.3, 0.4) is 0 Å². The van der Waals surface area contributed by atoms with Crippen molar-refractivity contribution in [2.24, 2.45) is 0 Å². The quantitative estimate of drug-likeness (QED) is 0.275. The molecule has 6 rings (SSSR count). The van der Waals surface area contributed by atoms with E-state index in [1.165, 1.54) is 6.20 Å². The molecule has 0 atom stereocenters. The first-order chi connectivity index (χ1) is 20.8. The second-order valence-electron chi connectivity index (χ2n) is 10.2. The molecule has 1 amide bonds. The van der Waals surface area contributed by atoms with Crippen molar-refractivity contribution in [3.63, 3.8) is 0 Å². The third-order valence-corrected chi connectivity index (χ3v) is 8.01. The van der Waals surface area contributed by atoms with Gasteiger partial charge in [0.15, 0.2) is 0 Å². The summed E-state index contributed by atoms with van der Waals surface area (Å²) in [6.45, 7) is 4.01. The lowest BCUT2D eigenvalue weighted by atomic mass is 10.1. The number of nitrogens with zero attached hydrogens (tertiary/aromatic N) is 6. The van der Waals surface area contributed by atoms with Crippen molar-refractivity contribution < 1.29 is 4.79 Å². The van der Waals surface area contributed by atoms with Gasteiger partial charge in [-0.25, -0.2) is 9.97 Å². The Morgan fingerprint density at radius 2 is 1.63 bits per heavy atom. The molecule has 0 spiro atoms. The lowest BCUT2D eigenvalue weighted by Crippen LogP contribution is -2.44. The molecule has 0 bridgehead atoms. The van der Waals surface area contributed by atoms with Gasteiger partial charge in [0.1, 0.15) is 16.9 Å². The fourth-order valence-electron chi connectivity index (χ4n) is 5.02. The van der Waals surface area contributed by atoms with Crippen molar-refractivity contribution in [1.82, 2.24) is 30.0 Å². The van der Waals surface area contributed by atoms with E-state index in [9.17, 15) is 9.59 Å². The Bertz CT molecular complexity index is 1870. The second kappa shape index (κ2) is 12.0. The van der Waals surface area contributed by atoms with Crippen molar-refractivity contribution in [2.45, 2.75) is 0 Å². The first-order valence-corrected chi connectivity index (χ1v) is 14.5. The highest BCUT2D eigenvalue weighted by molar-refractivity contribution is 6.37. The van der Waals surface area contributed by atoms with E-state index in [0.29, 0.717) is 28.3 Å². The minimum Gasteiger partial charge on any atom is -0.369 e. The molecule has 1 fully saturated rings. The van der Waals surface area contributed by atoms with Gasteiger partial charge in [0.2, 0.25) is 5.95 Å². The third kappa shape index (κ3) is 5.77. The molecule has 2 aromatic heterocycles. The lowest BCUT2D eigenvalue weighted by molar-refractivity contribution is 0.0963. The van der Waals surface area contributed by atoms with Gasteiger partial charge in [-0.15, -0.1) is 0 Å². The number of amides is 1. The average molecular weight is 616 g/mol. The molecule has 43 heavy (non-hydrogen) atoms. The first kappa shape index (κ1) is 28.6. The largest absolute Gasteiger partial charge is 0.369 e. The number of benzene rings is 3. The van der Waals surface area contributed by atoms with E-state index in [1.54, 1.807) is 49.5 Å². The van der Waals surface area contributed by atoms with Crippen molar-refractivity contribution in [3.8, 4) is 16.9 Å². The number of rotatable bonds is 6. The number of piperazine rings is 1. The number of halogens is 2. The Morgan fingerprint density at radius 3 is 2.33 bits per heavy atom. The summed E-state index contributed by atoms with van der Waals surface area (Å²) in [6, 6.07) is 20.0. The van der Waals surface area contributed by atoms with E-state index >= 15 is 0 Å². The van der Waals surface area contributed by atoms with Gasteiger partial charge in [-0.2, -0.15) is 9.78 Å². The maximum absolute atomic E-state index is 13.7. The van der Waals surface area contributed by atoms with E-state index in [-0.39, 0.29) is 27.0 Å². The third-order valence-electron chi connectivity index (χ3n) is 7.40. The summed E-state index contributed by atoms with van der Waals surface area (Å²) in [4.78, 5) is 40.0. The van der Waals surface area contributed by atoms with Crippen LogP contribution in [0.4, 0.5) is 17.3 Å². The SMILES string of the molecule is CNC(=O)c1cccc(-c2nn(-c3c(Cl)cccc3Cl)c(=O)c3cnc(Nc4ccc(N5CCN(C)CC5)cc4)nc23)c1. The predicted octanol–water partition coefficient (Wildman–Crippen LogP) is 5.00. The van der Waals surface area contributed by atoms with E-state index in [1.807, 2.05) is 12.1 Å². The number of aromatic nitrogens is 4. The molecule has 3 aromatic carbocycles. The molecule has 0 unspecified atom stereocenters. The van der Waals surface area contributed by atoms with E-state index in [4.69, 9.17) is 28.2 Å². The normalized spacial score (nSPS) is 13.7. The van der Waals surface area contributed by atoms with Crippen LogP contribution in [-0.2, 0) is 0 Å². The fourth-order valence-corrected chi connectivity index (χ4v) is 5.58. The summed E-state index contributed by atoms with van der Waals surface area (Å²) < 4.78 is 1.16. The summed E-state index contributed by atoms with van der Waals surface area (Å²) in [5, 5.41) is 11.3. The number of carbonyl (C=O) groups is 1. The molecule has 218 valence electrons. The molecule has 1 saturated heterocycles.